The van der Waals surface area contributed by atoms with Crippen molar-refractivity contribution in [2.24, 2.45) is 0 Å². The van der Waals surface area contributed by atoms with E-state index in [2.05, 4.69) is 19.0 Å². The molecule has 0 amide bonds. The quantitative estimate of drug-likeness (QED) is 0.621. The number of morpholine rings is 1. The van der Waals surface area contributed by atoms with Crippen LogP contribution in [0.2, 0.25) is 0 Å². The SMILES string of the molecule is CCC1CCC[N+]1(C)N1CCOCC1. The van der Waals surface area contributed by atoms with Crippen LogP contribution < -0.4 is 0 Å². The minimum Gasteiger partial charge on any atom is -0.378 e. The van der Waals surface area contributed by atoms with Gasteiger partial charge in [-0.15, -0.1) is 0 Å². The molecule has 2 rings (SSSR count). The van der Waals surface area contributed by atoms with Crippen molar-refractivity contribution in [3.05, 3.63) is 0 Å². The number of hydrogen-bond donors (Lipinski definition) is 0. The molecule has 0 aromatic heterocycles. The van der Waals surface area contributed by atoms with Gasteiger partial charge in [0.05, 0.1) is 39.9 Å². The second-order valence-electron chi connectivity index (χ2n) is 4.71. The van der Waals surface area contributed by atoms with E-state index in [9.17, 15) is 0 Å². The van der Waals surface area contributed by atoms with Crippen LogP contribution in [0, 0.1) is 0 Å². The first kappa shape index (κ1) is 10.4. The number of ether oxygens (including phenoxy) is 1. The van der Waals surface area contributed by atoms with Crippen molar-refractivity contribution in [1.29, 1.82) is 0 Å². The van der Waals surface area contributed by atoms with Crippen LogP contribution >= 0.6 is 0 Å². The number of rotatable bonds is 2. The average Bonchev–Trinajstić information content (AvgIpc) is 2.62. The first-order valence-electron chi connectivity index (χ1n) is 5.96. The molecule has 2 aliphatic rings. The maximum atomic E-state index is 5.42. The van der Waals surface area contributed by atoms with Crippen LogP contribution in [-0.4, -0.2) is 55.5 Å². The number of nitrogens with zero attached hydrogens (tertiary/aromatic N) is 2. The van der Waals surface area contributed by atoms with E-state index in [1.54, 1.807) is 0 Å². The lowest BCUT2D eigenvalue weighted by Crippen LogP contribution is -2.62. The van der Waals surface area contributed by atoms with Crippen molar-refractivity contribution >= 4 is 0 Å². The zero-order valence-corrected chi connectivity index (χ0v) is 9.54. The smallest absolute Gasteiger partial charge is 0.106 e. The van der Waals surface area contributed by atoms with Gasteiger partial charge in [0.2, 0.25) is 0 Å². The summed E-state index contributed by atoms with van der Waals surface area (Å²) in [5.74, 6) is 0. The standard InChI is InChI=1S/C11H23N2O/c1-3-11-5-4-8-13(11,2)12-6-9-14-10-7-12/h11H,3-10H2,1-2H3/q+1. The summed E-state index contributed by atoms with van der Waals surface area (Å²) in [6.45, 7) is 7.74. The molecular formula is C11H23N2O+. The van der Waals surface area contributed by atoms with Gasteiger partial charge in [-0.3, -0.25) is 0 Å². The third-order valence-electron chi connectivity index (χ3n) is 4.04. The Morgan fingerprint density at radius 3 is 2.71 bits per heavy atom. The lowest BCUT2D eigenvalue weighted by Gasteiger charge is -2.45. The van der Waals surface area contributed by atoms with Gasteiger partial charge >= 0.3 is 0 Å². The Morgan fingerprint density at radius 1 is 1.36 bits per heavy atom. The Labute approximate surface area is 87.2 Å². The summed E-state index contributed by atoms with van der Waals surface area (Å²) in [6, 6.07) is 0.855. The molecule has 14 heavy (non-hydrogen) atoms. The molecule has 0 aliphatic carbocycles. The van der Waals surface area contributed by atoms with Gasteiger partial charge in [-0.2, -0.15) is 5.01 Å². The van der Waals surface area contributed by atoms with Crippen LogP contribution in [0.5, 0.6) is 0 Å². The van der Waals surface area contributed by atoms with Crippen molar-refractivity contribution in [1.82, 2.24) is 5.01 Å². The van der Waals surface area contributed by atoms with Crippen LogP contribution in [0.25, 0.3) is 0 Å². The summed E-state index contributed by atoms with van der Waals surface area (Å²) in [6.07, 6.45) is 4.12. The van der Waals surface area contributed by atoms with E-state index in [1.807, 2.05) is 0 Å². The number of quaternary nitrogens is 1. The van der Waals surface area contributed by atoms with Crippen molar-refractivity contribution in [2.45, 2.75) is 32.2 Å². The van der Waals surface area contributed by atoms with Crippen molar-refractivity contribution < 1.29 is 9.33 Å². The van der Waals surface area contributed by atoms with E-state index in [0.717, 1.165) is 32.3 Å². The Morgan fingerprint density at radius 2 is 2.07 bits per heavy atom. The predicted molar refractivity (Wildman–Crippen MR) is 56.8 cm³/mol. The Bertz CT molecular complexity index is 192. The molecule has 2 saturated heterocycles. The molecule has 82 valence electrons. The molecule has 3 nitrogen and oxygen atoms in total. The van der Waals surface area contributed by atoms with Crippen molar-refractivity contribution in [3.63, 3.8) is 0 Å². The van der Waals surface area contributed by atoms with Gasteiger partial charge in [0, 0.05) is 12.8 Å². The highest BCUT2D eigenvalue weighted by Gasteiger charge is 2.42. The van der Waals surface area contributed by atoms with Gasteiger partial charge in [0.25, 0.3) is 0 Å². The van der Waals surface area contributed by atoms with Crippen LogP contribution in [0.4, 0.5) is 0 Å². The van der Waals surface area contributed by atoms with Gasteiger partial charge in [0.15, 0.2) is 0 Å². The van der Waals surface area contributed by atoms with Crippen LogP contribution in [-0.2, 0) is 4.74 Å². The molecule has 0 saturated carbocycles. The lowest BCUT2D eigenvalue weighted by molar-refractivity contribution is -1.03. The highest BCUT2D eigenvalue weighted by atomic mass is 16.5. The summed E-state index contributed by atoms with van der Waals surface area (Å²) in [5, 5.41) is 2.62. The van der Waals surface area contributed by atoms with Gasteiger partial charge in [-0.25, -0.2) is 4.59 Å². The molecule has 0 radical (unpaired) electrons. The largest absolute Gasteiger partial charge is 0.378 e. The first-order chi connectivity index (χ1) is 6.77. The molecule has 3 heteroatoms. The molecule has 2 fully saturated rings. The third-order valence-corrected chi connectivity index (χ3v) is 4.04. The van der Waals surface area contributed by atoms with E-state index in [4.69, 9.17) is 4.74 Å². The fraction of sp³-hybridized carbons (Fsp3) is 1.00. The highest BCUT2D eigenvalue weighted by Crippen LogP contribution is 2.29. The summed E-state index contributed by atoms with van der Waals surface area (Å²) in [7, 11) is 2.41. The summed E-state index contributed by atoms with van der Waals surface area (Å²) in [4.78, 5) is 0. The minimum atomic E-state index is 0.855. The zero-order valence-electron chi connectivity index (χ0n) is 9.54. The molecule has 0 bridgehead atoms. The maximum absolute atomic E-state index is 5.42. The lowest BCUT2D eigenvalue weighted by atomic mass is 10.1. The van der Waals surface area contributed by atoms with Gasteiger partial charge < -0.3 is 4.74 Å². The first-order valence-corrected chi connectivity index (χ1v) is 5.96. The monoisotopic (exact) mass is 199 g/mol. The van der Waals surface area contributed by atoms with Crippen LogP contribution in [0.1, 0.15) is 26.2 Å². The number of likely N-dealkylation sites (tertiary alicyclic amines) is 1. The second kappa shape index (κ2) is 4.17. The summed E-state index contributed by atoms with van der Waals surface area (Å²) < 4.78 is 6.60. The van der Waals surface area contributed by atoms with Gasteiger partial charge in [-0.05, 0) is 6.42 Å². The highest BCUT2D eigenvalue weighted by molar-refractivity contribution is 4.66. The fourth-order valence-electron chi connectivity index (χ4n) is 3.09. The molecule has 2 aliphatic heterocycles. The molecular weight excluding hydrogens is 176 g/mol. The van der Waals surface area contributed by atoms with Crippen LogP contribution in [0.15, 0.2) is 0 Å². The van der Waals surface area contributed by atoms with E-state index in [1.165, 1.54) is 30.4 Å². The molecule has 0 aromatic rings. The third kappa shape index (κ3) is 1.69. The maximum Gasteiger partial charge on any atom is 0.106 e. The molecule has 2 heterocycles. The fourth-order valence-corrected chi connectivity index (χ4v) is 3.09. The van der Waals surface area contributed by atoms with Gasteiger partial charge in [0.1, 0.15) is 6.04 Å². The van der Waals surface area contributed by atoms with E-state index >= 15 is 0 Å². The molecule has 0 aromatic carbocycles. The Balaban J connectivity index is 2.04. The normalized spacial score (nSPS) is 40.3. The van der Waals surface area contributed by atoms with Gasteiger partial charge in [-0.1, -0.05) is 6.92 Å². The molecule has 2 unspecified atom stereocenters. The Kier molecular flexibility index (Phi) is 3.10. The second-order valence-corrected chi connectivity index (χ2v) is 4.71. The summed E-state index contributed by atoms with van der Waals surface area (Å²) >= 11 is 0. The molecule has 0 N–H and O–H groups in total. The Hall–Kier alpha value is -0.120. The van der Waals surface area contributed by atoms with E-state index < -0.39 is 0 Å². The van der Waals surface area contributed by atoms with E-state index in [-0.39, 0.29) is 0 Å². The molecule has 2 atom stereocenters. The minimum absolute atomic E-state index is 0.855. The number of hydrogen-bond acceptors (Lipinski definition) is 2. The van der Waals surface area contributed by atoms with E-state index in [0.29, 0.717) is 0 Å². The summed E-state index contributed by atoms with van der Waals surface area (Å²) in [5.41, 5.74) is 0. The van der Waals surface area contributed by atoms with Crippen LogP contribution in [0.3, 0.4) is 0 Å². The zero-order chi connectivity index (χ0) is 10.0. The topological polar surface area (TPSA) is 12.5 Å². The van der Waals surface area contributed by atoms with Crippen molar-refractivity contribution in [2.75, 3.05) is 39.9 Å². The molecule has 0 spiro atoms. The van der Waals surface area contributed by atoms with Crippen molar-refractivity contribution in [3.8, 4) is 0 Å². The predicted octanol–water partition coefficient (Wildman–Crippen LogP) is 1.25. The average molecular weight is 199 g/mol.